The number of anilines is 2. The van der Waals surface area contributed by atoms with Crippen LogP contribution in [0.1, 0.15) is 22.3 Å². The first-order valence-corrected chi connectivity index (χ1v) is 7.13. The van der Waals surface area contributed by atoms with Crippen molar-refractivity contribution in [1.82, 2.24) is 9.97 Å². The summed E-state index contributed by atoms with van der Waals surface area (Å²) in [6, 6.07) is 1.61. The van der Waals surface area contributed by atoms with Gasteiger partial charge in [-0.05, 0) is 13.0 Å². The van der Waals surface area contributed by atoms with Gasteiger partial charge in [-0.3, -0.25) is 0 Å². The number of nitrogens with one attached hydrogen (secondary N) is 1. The SMILES string of the molecule is CCOC(=O)c1cc(NCCc2nccs2)ncc1N. The first kappa shape index (κ1) is 14.3. The molecule has 0 spiro atoms. The lowest BCUT2D eigenvalue weighted by Crippen LogP contribution is -2.11. The van der Waals surface area contributed by atoms with Crippen LogP contribution in [0.15, 0.2) is 23.8 Å². The molecule has 0 aliphatic heterocycles. The van der Waals surface area contributed by atoms with Crippen LogP contribution in [0.2, 0.25) is 0 Å². The van der Waals surface area contributed by atoms with Crippen LogP contribution in [0.5, 0.6) is 0 Å². The van der Waals surface area contributed by atoms with Gasteiger partial charge in [0, 0.05) is 24.5 Å². The Bertz CT molecular complexity index is 572. The predicted octanol–water partition coefficient (Wildman–Crippen LogP) is 1.95. The van der Waals surface area contributed by atoms with Crippen molar-refractivity contribution < 1.29 is 9.53 Å². The highest BCUT2D eigenvalue weighted by Gasteiger charge is 2.12. The van der Waals surface area contributed by atoms with E-state index in [0.29, 0.717) is 30.2 Å². The highest BCUT2D eigenvalue weighted by Crippen LogP contribution is 2.16. The number of rotatable bonds is 6. The number of ether oxygens (including phenoxy) is 1. The maximum absolute atomic E-state index is 11.7. The average Bonchev–Trinajstić information content (AvgIpc) is 2.94. The average molecular weight is 292 g/mol. The van der Waals surface area contributed by atoms with E-state index in [1.54, 1.807) is 30.5 Å². The van der Waals surface area contributed by atoms with Gasteiger partial charge in [-0.25, -0.2) is 14.8 Å². The minimum atomic E-state index is -0.435. The summed E-state index contributed by atoms with van der Waals surface area (Å²) in [6.07, 6.45) is 4.04. The van der Waals surface area contributed by atoms with E-state index >= 15 is 0 Å². The normalized spacial score (nSPS) is 10.2. The Morgan fingerprint density at radius 3 is 3.05 bits per heavy atom. The molecule has 0 amide bonds. The Kier molecular flexibility index (Phi) is 4.89. The van der Waals surface area contributed by atoms with Crippen molar-refractivity contribution in [2.75, 3.05) is 24.2 Å². The number of nitrogens with two attached hydrogens (primary N) is 1. The number of hydrogen-bond donors (Lipinski definition) is 2. The number of carbonyl (C=O) groups is 1. The Hall–Kier alpha value is -2.15. The van der Waals surface area contributed by atoms with Crippen molar-refractivity contribution in [2.24, 2.45) is 0 Å². The third-order valence-electron chi connectivity index (χ3n) is 2.56. The number of carbonyl (C=O) groups excluding carboxylic acids is 1. The molecule has 3 N–H and O–H groups in total. The van der Waals surface area contributed by atoms with Gasteiger partial charge in [0.1, 0.15) is 5.82 Å². The molecule has 2 aromatic rings. The van der Waals surface area contributed by atoms with Crippen LogP contribution in [0, 0.1) is 0 Å². The lowest BCUT2D eigenvalue weighted by atomic mass is 10.2. The molecule has 20 heavy (non-hydrogen) atoms. The van der Waals surface area contributed by atoms with Gasteiger partial charge in [-0.1, -0.05) is 0 Å². The van der Waals surface area contributed by atoms with Gasteiger partial charge in [-0.15, -0.1) is 11.3 Å². The van der Waals surface area contributed by atoms with Crippen LogP contribution in [0.25, 0.3) is 0 Å². The molecular formula is C13H16N4O2S. The van der Waals surface area contributed by atoms with E-state index in [1.807, 2.05) is 5.38 Å². The number of hydrogen-bond acceptors (Lipinski definition) is 7. The van der Waals surface area contributed by atoms with E-state index in [-0.39, 0.29) is 0 Å². The number of aromatic nitrogens is 2. The van der Waals surface area contributed by atoms with E-state index in [2.05, 4.69) is 15.3 Å². The highest BCUT2D eigenvalue weighted by molar-refractivity contribution is 7.09. The van der Waals surface area contributed by atoms with Crippen molar-refractivity contribution in [2.45, 2.75) is 13.3 Å². The fraction of sp³-hybridized carbons (Fsp3) is 0.308. The minimum Gasteiger partial charge on any atom is -0.462 e. The van der Waals surface area contributed by atoms with Gasteiger partial charge in [0.05, 0.1) is 29.1 Å². The first-order valence-electron chi connectivity index (χ1n) is 6.25. The Morgan fingerprint density at radius 1 is 1.50 bits per heavy atom. The molecule has 0 aliphatic rings. The summed E-state index contributed by atoms with van der Waals surface area (Å²) in [6.45, 7) is 2.75. The number of thiazole rings is 1. The van der Waals surface area contributed by atoms with Crippen molar-refractivity contribution >= 4 is 28.8 Å². The molecule has 6 nitrogen and oxygen atoms in total. The first-order chi connectivity index (χ1) is 9.70. The van der Waals surface area contributed by atoms with Gasteiger partial charge in [0.25, 0.3) is 0 Å². The summed E-state index contributed by atoms with van der Waals surface area (Å²) in [5, 5.41) is 6.13. The molecule has 106 valence electrons. The molecule has 0 saturated carbocycles. The third-order valence-corrected chi connectivity index (χ3v) is 3.40. The molecule has 0 bridgehead atoms. The lowest BCUT2D eigenvalue weighted by Gasteiger charge is -2.08. The Morgan fingerprint density at radius 2 is 2.35 bits per heavy atom. The van der Waals surface area contributed by atoms with Crippen molar-refractivity contribution in [1.29, 1.82) is 0 Å². The maximum atomic E-state index is 11.7. The molecule has 0 saturated heterocycles. The molecule has 0 fully saturated rings. The molecule has 2 heterocycles. The Balaban J connectivity index is 1.98. The van der Waals surface area contributed by atoms with Crippen molar-refractivity contribution in [3.8, 4) is 0 Å². The van der Waals surface area contributed by atoms with Crippen LogP contribution in [-0.2, 0) is 11.2 Å². The predicted molar refractivity (Wildman–Crippen MR) is 78.9 cm³/mol. The molecule has 0 atom stereocenters. The molecule has 2 rings (SSSR count). The van der Waals surface area contributed by atoms with Gasteiger partial charge >= 0.3 is 5.97 Å². The number of pyridine rings is 1. The van der Waals surface area contributed by atoms with Gasteiger partial charge in [-0.2, -0.15) is 0 Å². The molecule has 0 aromatic carbocycles. The van der Waals surface area contributed by atoms with E-state index in [1.165, 1.54) is 6.20 Å². The van der Waals surface area contributed by atoms with E-state index in [0.717, 1.165) is 11.4 Å². The zero-order valence-electron chi connectivity index (χ0n) is 11.1. The van der Waals surface area contributed by atoms with E-state index < -0.39 is 5.97 Å². The number of nitrogens with zero attached hydrogens (tertiary/aromatic N) is 2. The van der Waals surface area contributed by atoms with E-state index in [9.17, 15) is 4.79 Å². The zero-order valence-corrected chi connectivity index (χ0v) is 11.9. The van der Waals surface area contributed by atoms with Crippen LogP contribution in [-0.4, -0.2) is 29.1 Å². The van der Waals surface area contributed by atoms with Crippen LogP contribution in [0.3, 0.4) is 0 Å². The second-order valence-corrected chi connectivity index (χ2v) is 4.96. The fourth-order valence-electron chi connectivity index (χ4n) is 1.62. The monoisotopic (exact) mass is 292 g/mol. The number of nitrogen functional groups attached to an aromatic ring is 1. The molecule has 0 unspecified atom stereocenters. The summed E-state index contributed by atoms with van der Waals surface area (Å²) in [7, 11) is 0. The third kappa shape index (κ3) is 3.67. The Labute approximate surface area is 121 Å². The number of esters is 1. The minimum absolute atomic E-state index is 0.313. The fourth-order valence-corrected chi connectivity index (χ4v) is 2.24. The van der Waals surface area contributed by atoms with Crippen LogP contribution >= 0.6 is 11.3 Å². The largest absolute Gasteiger partial charge is 0.462 e. The molecule has 0 radical (unpaired) electrons. The lowest BCUT2D eigenvalue weighted by molar-refractivity contribution is 0.0527. The zero-order chi connectivity index (χ0) is 14.4. The van der Waals surface area contributed by atoms with Crippen molar-refractivity contribution in [3.05, 3.63) is 34.4 Å². The molecule has 0 aliphatic carbocycles. The summed E-state index contributed by atoms with van der Waals surface area (Å²) in [5.74, 6) is 0.161. The molecular weight excluding hydrogens is 276 g/mol. The van der Waals surface area contributed by atoms with Gasteiger partial charge in [0.15, 0.2) is 0 Å². The summed E-state index contributed by atoms with van der Waals surface area (Å²) >= 11 is 1.61. The van der Waals surface area contributed by atoms with Gasteiger partial charge < -0.3 is 15.8 Å². The topological polar surface area (TPSA) is 90.1 Å². The smallest absolute Gasteiger partial charge is 0.340 e. The van der Waals surface area contributed by atoms with E-state index in [4.69, 9.17) is 10.5 Å². The van der Waals surface area contributed by atoms with Gasteiger partial charge in [0.2, 0.25) is 0 Å². The quantitative estimate of drug-likeness (QED) is 0.791. The summed E-state index contributed by atoms with van der Waals surface area (Å²) in [4.78, 5) is 20.0. The maximum Gasteiger partial charge on any atom is 0.340 e. The van der Waals surface area contributed by atoms with Crippen LogP contribution < -0.4 is 11.1 Å². The summed E-state index contributed by atoms with van der Waals surface area (Å²) in [5.41, 5.74) is 6.37. The standard InChI is InChI=1S/C13H16N4O2S/c1-2-19-13(18)9-7-11(17-8-10(9)14)15-4-3-12-16-5-6-20-12/h5-8H,2-4,14H2,1H3,(H,15,17). The summed E-state index contributed by atoms with van der Waals surface area (Å²) < 4.78 is 4.94. The molecule has 7 heteroatoms. The highest BCUT2D eigenvalue weighted by atomic mass is 32.1. The van der Waals surface area contributed by atoms with Crippen molar-refractivity contribution in [3.63, 3.8) is 0 Å². The van der Waals surface area contributed by atoms with Crippen LogP contribution in [0.4, 0.5) is 11.5 Å². The second-order valence-electron chi connectivity index (χ2n) is 3.98. The second kappa shape index (κ2) is 6.85. The molecule has 2 aromatic heterocycles.